The molecular weight excluding hydrogens is 194 g/mol. The summed E-state index contributed by atoms with van der Waals surface area (Å²) in [5.74, 6) is 0.261. The van der Waals surface area contributed by atoms with E-state index < -0.39 is 6.10 Å². The van der Waals surface area contributed by atoms with Gasteiger partial charge in [0.2, 0.25) is 5.91 Å². The molecule has 1 fully saturated rings. The van der Waals surface area contributed by atoms with E-state index in [-0.39, 0.29) is 11.8 Å². The highest BCUT2D eigenvalue weighted by molar-refractivity contribution is 5.76. The van der Waals surface area contributed by atoms with Crippen LogP contribution in [0.3, 0.4) is 0 Å². The van der Waals surface area contributed by atoms with Gasteiger partial charge < -0.3 is 15.4 Å². The molecule has 1 aliphatic rings. The van der Waals surface area contributed by atoms with Crippen molar-refractivity contribution in [3.05, 3.63) is 0 Å². The summed E-state index contributed by atoms with van der Waals surface area (Å²) in [4.78, 5) is 13.4. The van der Waals surface area contributed by atoms with E-state index in [0.29, 0.717) is 32.7 Å². The largest absolute Gasteiger partial charge is 0.360 e. The fourth-order valence-corrected chi connectivity index (χ4v) is 1.46. The normalized spacial score (nSPS) is 23.3. The third-order valence-electron chi connectivity index (χ3n) is 2.49. The third-order valence-corrected chi connectivity index (χ3v) is 2.49. The molecule has 1 amide bonds. The smallest absolute Gasteiger partial charge is 0.223 e. The first kappa shape index (κ1) is 12.0. The van der Waals surface area contributed by atoms with Crippen LogP contribution in [0.4, 0.5) is 0 Å². The van der Waals surface area contributed by atoms with Crippen molar-refractivity contribution >= 4 is 5.91 Å². The van der Waals surface area contributed by atoms with E-state index in [0.717, 1.165) is 0 Å². The summed E-state index contributed by atoms with van der Waals surface area (Å²) >= 11 is 0. The molecule has 0 bridgehead atoms. The average molecular weight is 211 g/mol. The summed E-state index contributed by atoms with van der Waals surface area (Å²) in [6.45, 7) is 3.86. The molecule has 1 saturated heterocycles. The van der Waals surface area contributed by atoms with Gasteiger partial charge in [-0.05, 0) is 12.5 Å². The predicted octanol–water partition coefficient (Wildman–Crippen LogP) is -0.278. The summed E-state index contributed by atoms with van der Waals surface area (Å²) < 4.78 is 5.16. The van der Waals surface area contributed by atoms with Crippen molar-refractivity contribution in [3.8, 4) is 6.07 Å². The van der Waals surface area contributed by atoms with Crippen LogP contribution in [-0.2, 0) is 9.53 Å². The Bertz CT molecular complexity index is 262. The quantitative estimate of drug-likeness (QED) is 0.696. The first-order valence-electron chi connectivity index (χ1n) is 5.16. The maximum Gasteiger partial charge on any atom is 0.223 e. The minimum atomic E-state index is -0.476. The highest BCUT2D eigenvalue weighted by Crippen LogP contribution is 2.09. The summed E-state index contributed by atoms with van der Waals surface area (Å²) in [6.07, 6.45) is -0.0230. The second-order valence-electron chi connectivity index (χ2n) is 3.87. The Balaban J connectivity index is 2.42. The van der Waals surface area contributed by atoms with Crippen LogP contribution in [0.25, 0.3) is 0 Å². The Kier molecular flexibility index (Phi) is 4.53. The molecule has 1 rings (SSSR count). The van der Waals surface area contributed by atoms with Crippen LogP contribution in [0.5, 0.6) is 0 Å². The number of ether oxygens (including phenoxy) is 1. The zero-order chi connectivity index (χ0) is 11.3. The lowest BCUT2D eigenvalue weighted by atomic mass is 10.1. The van der Waals surface area contributed by atoms with E-state index in [1.54, 1.807) is 4.90 Å². The van der Waals surface area contributed by atoms with Gasteiger partial charge in [-0.15, -0.1) is 0 Å². The van der Waals surface area contributed by atoms with Crippen LogP contribution < -0.4 is 5.73 Å². The molecule has 0 aliphatic carbocycles. The van der Waals surface area contributed by atoms with Gasteiger partial charge in [-0.3, -0.25) is 4.79 Å². The summed E-state index contributed by atoms with van der Waals surface area (Å²) in [6, 6.07) is 2.02. The Morgan fingerprint density at radius 2 is 2.53 bits per heavy atom. The fraction of sp³-hybridized carbons (Fsp3) is 0.800. The Labute approximate surface area is 89.8 Å². The van der Waals surface area contributed by atoms with Crippen molar-refractivity contribution in [2.24, 2.45) is 11.7 Å². The second kappa shape index (κ2) is 5.69. The van der Waals surface area contributed by atoms with Crippen LogP contribution in [0.15, 0.2) is 0 Å². The number of morpholine rings is 1. The summed E-state index contributed by atoms with van der Waals surface area (Å²) in [7, 11) is 0. The average Bonchev–Trinajstić information content (AvgIpc) is 2.28. The number of carbonyl (C=O) groups is 1. The van der Waals surface area contributed by atoms with Crippen LogP contribution in [0, 0.1) is 17.2 Å². The molecule has 0 aromatic rings. The summed E-state index contributed by atoms with van der Waals surface area (Å²) in [5.41, 5.74) is 5.46. The first-order valence-corrected chi connectivity index (χ1v) is 5.16. The van der Waals surface area contributed by atoms with E-state index in [4.69, 9.17) is 15.7 Å². The minimum absolute atomic E-state index is 0.0662. The number of rotatable bonds is 3. The van der Waals surface area contributed by atoms with Gasteiger partial charge >= 0.3 is 0 Å². The van der Waals surface area contributed by atoms with Gasteiger partial charge in [-0.1, -0.05) is 6.92 Å². The molecule has 0 saturated carbocycles. The lowest BCUT2D eigenvalue weighted by Crippen LogP contribution is -2.45. The molecule has 5 nitrogen and oxygen atoms in total. The monoisotopic (exact) mass is 211 g/mol. The SMILES string of the molecule is CC(CN)CC(=O)N1CCOC(C#N)C1. The lowest BCUT2D eigenvalue weighted by Gasteiger charge is -2.30. The molecule has 0 spiro atoms. The highest BCUT2D eigenvalue weighted by Gasteiger charge is 2.24. The molecule has 15 heavy (non-hydrogen) atoms. The van der Waals surface area contributed by atoms with Crippen molar-refractivity contribution in [1.82, 2.24) is 4.90 Å². The van der Waals surface area contributed by atoms with Crippen molar-refractivity contribution < 1.29 is 9.53 Å². The molecule has 0 aromatic heterocycles. The predicted molar refractivity (Wildman–Crippen MR) is 54.8 cm³/mol. The van der Waals surface area contributed by atoms with E-state index >= 15 is 0 Å². The molecule has 2 atom stereocenters. The number of nitrogens with zero attached hydrogens (tertiary/aromatic N) is 2. The Hall–Kier alpha value is -1.12. The maximum atomic E-state index is 11.7. The fourth-order valence-electron chi connectivity index (χ4n) is 1.46. The van der Waals surface area contributed by atoms with Crippen molar-refractivity contribution in [2.45, 2.75) is 19.4 Å². The molecule has 0 radical (unpaired) electrons. The van der Waals surface area contributed by atoms with E-state index in [1.165, 1.54) is 0 Å². The number of nitrogens with two attached hydrogens (primary N) is 1. The number of nitriles is 1. The third kappa shape index (κ3) is 3.50. The number of amides is 1. The van der Waals surface area contributed by atoms with Crippen molar-refractivity contribution in [2.75, 3.05) is 26.2 Å². The van der Waals surface area contributed by atoms with Gasteiger partial charge in [0.05, 0.1) is 19.2 Å². The number of hydrogen-bond donors (Lipinski definition) is 1. The molecule has 5 heteroatoms. The topological polar surface area (TPSA) is 79.3 Å². The molecule has 2 N–H and O–H groups in total. The van der Waals surface area contributed by atoms with Gasteiger partial charge in [0, 0.05) is 13.0 Å². The van der Waals surface area contributed by atoms with E-state index in [9.17, 15) is 4.79 Å². The van der Waals surface area contributed by atoms with Crippen LogP contribution in [-0.4, -0.2) is 43.2 Å². The molecular formula is C10H17N3O2. The van der Waals surface area contributed by atoms with Crippen molar-refractivity contribution in [3.63, 3.8) is 0 Å². The second-order valence-corrected chi connectivity index (χ2v) is 3.87. The first-order chi connectivity index (χ1) is 7.17. The van der Waals surface area contributed by atoms with E-state index in [1.807, 2.05) is 13.0 Å². The maximum absolute atomic E-state index is 11.7. The molecule has 1 heterocycles. The van der Waals surface area contributed by atoms with Gasteiger partial charge in [0.1, 0.15) is 0 Å². The van der Waals surface area contributed by atoms with Crippen LogP contribution >= 0.6 is 0 Å². The zero-order valence-electron chi connectivity index (χ0n) is 8.98. The van der Waals surface area contributed by atoms with Gasteiger partial charge in [0.25, 0.3) is 0 Å². The van der Waals surface area contributed by atoms with Crippen LogP contribution in [0.1, 0.15) is 13.3 Å². The Morgan fingerprint density at radius 1 is 1.80 bits per heavy atom. The van der Waals surface area contributed by atoms with Gasteiger partial charge in [-0.25, -0.2) is 0 Å². The minimum Gasteiger partial charge on any atom is -0.360 e. The zero-order valence-corrected chi connectivity index (χ0v) is 8.98. The standard InChI is InChI=1S/C10H17N3O2/c1-8(5-11)4-10(14)13-2-3-15-9(6-12)7-13/h8-9H,2-5,7,11H2,1H3. The molecule has 84 valence electrons. The molecule has 1 aliphatic heterocycles. The van der Waals surface area contributed by atoms with Gasteiger partial charge in [0.15, 0.2) is 6.10 Å². The summed E-state index contributed by atoms with van der Waals surface area (Å²) in [5, 5.41) is 8.69. The number of hydrogen-bond acceptors (Lipinski definition) is 4. The highest BCUT2D eigenvalue weighted by atomic mass is 16.5. The van der Waals surface area contributed by atoms with Crippen LogP contribution in [0.2, 0.25) is 0 Å². The molecule has 2 unspecified atom stereocenters. The van der Waals surface area contributed by atoms with Gasteiger partial charge in [-0.2, -0.15) is 5.26 Å². The lowest BCUT2D eigenvalue weighted by molar-refractivity contribution is -0.137. The van der Waals surface area contributed by atoms with E-state index in [2.05, 4.69) is 0 Å². The Morgan fingerprint density at radius 3 is 3.13 bits per heavy atom. The van der Waals surface area contributed by atoms with Crippen molar-refractivity contribution in [1.29, 1.82) is 5.26 Å². The number of carbonyl (C=O) groups excluding carboxylic acids is 1. The molecule has 0 aromatic carbocycles.